The number of halogens is 1. The molecule has 2 saturated heterocycles. The number of hydrogen-bond acceptors (Lipinski definition) is 3. The smallest absolute Gasteiger partial charge is 0.174 e. The van der Waals surface area contributed by atoms with Gasteiger partial charge in [0.15, 0.2) is 14.9 Å². The minimum absolute atomic E-state index is 0.0989. The molecule has 2 aliphatic heterocycles. The van der Waals surface area contributed by atoms with E-state index in [9.17, 15) is 8.42 Å². The zero-order valence-corrected chi connectivity index (χ0v) is 11.7. The Morgan fingerprint density at radius 2 is 1.94 bits per heavy atom. The molecule has 0 amide bonds. The molecule has 0 unspecified atom stereocenters. The van der Waals surface area contributed by atoms with Crippen molar-refractivity contribution in [3.63, 3.8) is 0 Å². The third kappa shape index (κ3) is 1.98. The van der Waals surface area contributed by atoms with Crippen LogP contribution in [0, 0.1) is 0 Å². The summed E-state index contributed by atoms with van der Waals surface area (Å²) < 4.78 is 23.3. The van der Waals surface area contributed by atoms with E-state index in [2.05, 4.69) is 5.32 Å². The first-order valence-electron chi connectivity index (χ1n) is 5.52. The quantitative estimate of drug-likeness (QED) is 0.790. The maximum Gasteiger partial charge on any atom is 0.174 e. The van der Waals surface area contributed by atoms with Crippen molar-refractivity contribution in [2.45, 2.75) is 12.1 Å². The highest BCUT2D eigenvalue weighted by atomic mass is 35.5. The molecule has 2 aliphatic rings. The zero-order valence-electron chi connectivity index (χ0n) is 9.34. The molecular weight excluding hydrogens is 292 g/mol. The summed E-state index contributed by atoms with van der Waals surface area (Å²) in [4.78, 5) is 1.88. The SMILES string of the molecule is O=S1(=O)C[C@@H]2[C@@H](C1)NC(=S)N2c1ccc(Cl)cc1. The Kier molecular flexibility index (Phi) is 2.76. The molecule has 2 fully saturated rings. The summed E-state index contributed by atoms with van der Waals surface area (Å²) >= 11 is 11.1. The number of benzene rings is 1. The van der Waals surface area contributed by atoms with Crippen molar-refractivity contribution in [1.29, 1.82) is 0 Å². The van der Waals surface area contributed by atoms with E-state index in [-0.39, 0.29) is 23.6 Å². The fraction of sp³-hybridized carbons (Fsp3) is 0.364. The van der Waals surface area contributed by atoms with Crippen molar-refractivity contribution in [2.75, 3.05) is 16.4 Å². The number of hydrogen-bond donors (Lipinski definition) is 1. The van der Waals surface area contributed by atoms with Gasteiger partial charge in [0.05, 0.1) is 23.6 Å². The van der Waals surface area contributed by atoms with E-state index in [1.54, 1.807) is 12.1 Å². The van der Waals surface area contributed by atoms with Crippen molar-refractivity contribution in [2.24, 2.45) is 0 Å². The molecule has 7 heteroatoms. The normalized spacial score (nSPS) is 29.2. The van der Waals surface area contributed by atoms with Gasteiger partial charge in [0.2, 0.25) is 0 Å². The van der Waals surface area contributed by atoms with Crippen molar-refractivity contribution in [3.8, 4) is 0 Å². The van der Waals surface area contributed by atoms with Crippen LogP contribution < -0.4 is 10.2 Å². The van der Waals surface area contributed by atoms with E-state index < -0.39 is 9.84 Å². The molecule has 0 radical (unpaired) electrons. The number of anilines is 1. The third-order valence-corrected chi connectivity index (χ3v) is 5.57. The molecule has 0 bridgehead atoms. The fourth-order valence-corrected chi connectivity index (χ4v) is 4.92. The van der Waals surface area contributed by atoms with Crippen LogP contribution in [0.5, 0.6) is 0 Å². The Morgan fingerprint density at radius 3 is 2.61 bits per heavy atom. The number of nitrogens with zero attached hydrogens (tertiary/aromatic N) is 1. The highest BCUT2D eigenvalue weighted by molar-refractivity contribution is 7.91. The number of thiocarbonyl (C=S) groups is 1. The molecule has 0 aliphatic carbocycles. The summed E-state index contributed by atoms with van der Waals surface area (Å²) in [7, 11) is -2.97. The second kappa shape index (κ2) is 4.08. The molecule has 2 atom stereocenters. The van der Waals surface area contributed by atoms with Crippen molar-refractivity contribution < 1.29 is 8.42 Å². The molecule has 0 aromatic heterocycles. The molecule has 4 nitrogen and oxygen atoms in total. The highest BCUT2D eigenvalue weighted by Crippen LogP contribution is 2.30. The maximum absolute atomic E-state index is 11.7. The molecule has 0 saturated carbocycles. The highest BCUT2D eigenvalue weighted by Gasteiger charge is 2.47. The average Bonchev–Trinajstić information content (AvgIpc) is 2.70. The third-order valence-electron chi connectivity index (χ3n) is 3.29. The van der Waals surface area contributed by atoms with Gasteiger partial charge in [0, 0.05) is 10.7 Å². The van der Waals surface area contributed by atoms with Crippen molar-refractivity contribution in [1.82, 2.24) is 5.32 Å². The van der Waals surface area contributed by atoms with Crippen LogP contribution in [0.1, 0.15) is 0 Å². The second-order valence-corrected chi connectivity index (χ2v) is 7.52. The van der Waals surface area contributed by atoms with Crippen LogP contribution in [0.4, 0.5) is 5.69 Å². The van der Waals surface area contributed by atoms with Crippen molar-refractivity contribution in [3.05, 3.63) is 29.3 Å². The van der Waals surface area contributed by atoms with Gasteiger partial charge < -0.3 is 10.2 Å². The van der Waals surface area contributed by atoms with Gasteiger partial charge in [0.1, 0.15) is 0 Å². The Balaban J connectivity index is 1.96. The van der Waals surface area contributed by atoms with Crippen LogP contribution in [-0.4, -0.2) is 37.1 Å². The lowest BCUT2D eigenvalue weighted by Crippen LogP contribution is -2.36. The van der Waals surface area contributed by atoms with E-state index in [1.807, 2.05) is 17.0 Å². The molecule has 96 valence electrons. The Bertz CT molecular complexity index is 600. The predicted octanol–water partition coefficient (Wildman–Crippen LogP) is 1.20. The van der Waals surface area contributed by atoms with Gasteiger partial charge in [-0.15, -0.1) is 0 Å². The Hall–Kier alpha value is -0.850. The molecule has 18 heavy (non-hydrogen) atoms. The summed E-state index contributed by atoms with van der Waals surface area (Å²) in [5.74, 6) is 0.301. The van der Waals surface area contributed by atoms with E-state index in [4.69, 9.17) is 23.8 Å². The number of fused-ring (bicyclic) bond motifs is 1. The van der Waals surface area contributed by atoms with Gasteiger partial charge in [-0.3, -0.25) is 0 Å². The first kappa shape index (κ1) is 12.2. The molecule has 3 rings (SSSR count). The topological polar surface area (TPSA) is 49.4 Å². The fourth-order valence-electron chi connectivity index (χ4n) is 2.51. The van der Waals surface area contributed by atoms with Crippen molar-refractivity contribution >= 4 is 44.5 Å². The summed E-state index contributed by atoms with van der Waals surface area (Å²) in [5, 5.41) is 4.31. The number of sulfone groups is 1. The van der Waals surface area contributed by atoms with Gasteiger partial charge in [-0.2, -0.15) is 0 Å². The van der Waals surface area contributed by atoms with Crippen LogP contribution in [0.25, 0.3) is 0 Å². The summed E-state index contributed by atoms with van der Waals surface area (Å²) in [5.41, 5.74) is 0.876. The molecule has 0 spiro atoms. The van der Waals surface area contributed by atoms with Gasteiger partial charge in [-0.25, -0.2) is 8.42 Å². The number of rotatable bonds is 1. The van der Waals surface area contributed by atoms with E-state index >= 15 is 0 Å². The van der Waals surface area contributed by atoms with Crippen LogP contribution in [0.15, 0.2) is 24.3 Å². The zero-order chi connectivity index (χ0) is 12.9. The monoisotopic (exact) mass is 302 g/mol. The molecule has 1 aromatic carbocycles. The lowest BCUT2D eigenvalue weighted by molar-refractivity contribution is 0.600. The Morgan fingerprint density at radius 1 is 1.28 bits per heavy atom. The Labute approximate surface area is 116 Å². The predicted molar refractivity (Wildman–Crippen MR) is 75.9 cm³/mol. The van der Waals surface area contributed by atoms with Gasteiger partial charge in [-0.05, 0) is 36.5 Å². The first-order chi connectivity index (χ1) is 8.46. The maximum atomic E-state index is 11.7. The van der Waals surface area contributed by atoms with Gasteiger partial charge in [-0.1, -0.05) is 11.6 Å². The molecule has 1 aromatic rings. The van der Waals surface area contributed by atoms with E-state index in [0.29, 0.717) is 10.1 Å². The summed E-state index contributed by atoms with van der Waals surface area (Å²) in [6, 6.07) is 7.04. The van der Waals surface area contributed by atoms with Gasteiger partial charge in [0.25, 0.3) is 0 Å². The largest absolute Gasteiger partial charge is 0.356 e. The lowest BCUT2D eigenvalue weighted by Gasteiger charge is -2.23. The molecule has 1 N–H and O–H groups in total. The standard InChI is InChI=1S/C11H11ClN2O2S2/c12-7-1-3-8(4-2-7)14-10-6-18(15,16)5-9(10)13-11(14)17/h1-4,9-10H,5-6H2,(H,13,17)/t9-,10-/m1/s1. The van der Waals surface area contributed by atoms with Crippen LogP contribution in [0.2, 0.25) is 5.02 Å². The number of nitrogens with one attached hydrogen (secondary N) is 1. The van der Waals surface area contributed by atoms with Crippen LogP contribution >= 0.6 is 23.8 Å². The van der Waals surface area contributed by atoms with E-state index in [0.717, 1.165) is 5.69 Å². The first-order valence-corrected chi connectivity index (χ1v) is 8.13. The lowest BCUT2D eigenvalue weighted by atomic mass is 10.1. The molecular formula is C11H11ClN2O2S2. The summed E-state index contributed by atoms with van der Waals surface area (Å²) in [6.45, 7) is 0. The van der Waals surface area contributed by atoms with Gasteiger partial charge >= 0.3 is 0 Å². The summed E-state index contributed by atoms with van der Waals surface area (Å²) in [6.07, 6.45) is 0. The molecule has 2 heterocycles. The second-order valence-electron chi connectivity index (χ2n) is 4.55. The van der Waals surface area contributed by atoms with Crippen LogP contribution in [-0.2, 0) is 9.84 Å². The minimum Gasteiger partial charge on any atom is -0.356 e. The van der Waals surface area contributed by atoms with Crippen LogP contribution in [0.3, 0.4) is 0 Å². The van der Waals surface area contributed by atoms with E-state index in [1.165, 1.54) is 0 Å². The average molecular weight is 303 g/mol. The minimum atomic E-state index is -2.97.